The molecule has 0 bridgehead atoms. The normalized spacial score (nSPS) is 9.31. The molecular weight excluding hydrogens is 236 g/mol. The molecule has 0 spiro atoms. The first-order chi connectivity index (χ1) is 6.13. The van der Waals surface area contributed by atoms with E-state index in [0.29, 0.717) is 10.6 Å². The minimum atomic E-state index is -0.186. The molecule has 0 unspecified atom stereocenters. The van der Waals surface area contributed by atoms with Crippen LogP contribution in [-0.2, 0) is 11.3 Å². The van der Waals surface area contributed by atoms with Gasteiger partial charge in [-0.3, -0.25) is 4.79 Å². The van der Waals surface area contributed by atoms with Crippen LogP contribution in [-0.4, -0.2) is 15.5 Å². The van der Waals surface area contributed by atoms with Gasteiger partial charge in [0.25, 0.3) is 0 Å². The number of hydrogen-bond acceptors (Lipinski definition) is 3. The molecule has 5 nitrogen and oxygen atoms in total. The Labute approximate surface area is 83.5 Å². The average molecular weight is 243 g/mol. The molecule has 0 saturated carbocycles. The summed E-state index contributed by atoms with van der Waals surface area (Å²) in [6.45, 7) is 1.60. The SMILES string of the molecule is CC(=O)Nc1cn(CC#N)c(Br)n1. The number of halogens is 1. The Balaban J connectivity index is 2.83. The fourth-order valence-electron chi connectivity index (χ4n) is 0.821. The lowest BCUT2D eigenvalue weighted by atomic mass is 10.6. The van der Waals surface area contributed by atoms with Gasteiger partial charge < -0.3 is 9.88 Å². The Kier molecular flexibility index (Phi) is 3.03. The van der Waals surface area contributed by atoms with Crippen molar-refractivity contribution >= 4 is 27.7 Å². The lowest BCUT2D eigenvalue weighted by molar-refractivity contribution is -0.114. The van der Waals surface area contributed by atoms with Gasteiger partial charge in [-0.2, -0.15) is 5.26 Å². The van der Waals surface area contributed by atoms with Crippen molar-refractivity contribution in [2.75, 3.05) is 5.32 Å². The van der Waals surface area contributed by atoms with Crippen LogP contribution in [0.5, 0.6) is 0 Å². The number of imidazole rings is 1. The first kappa shape index (κ1) is 9.74. The van der Waals surface area contributed by atoms with Crippen molar-refractivity contribution in [3.8, 4) is 6.07 Å². The van der Waals surface area contributed by atoms with Crippen LogP contribution < -0.4 is 5.32 Å². The monoisotopic (exact) mass is 242 g/mol. The minimum absolute atomic E-state index is 0.186. The van der Waals surface area contributed by atoms with Crippen molar-refractivity contribution in [2.45, 2.75) is 13.5 Å². The largest absolute Gasteiger partial charge is 0.310 e. The second kappa shape index (κ2) is 4.05. The number of aromatic nitrogens is 2. The summed E-state index contributed by atoms with van der Waals surface area (Å²) in [5, 5.41) is 10.9. The molecule has 0 aliphatic heterocycles. The zero-order valence-corrected chi connectivity index (χ0v) is 8.50. The lowest BCUT2D eigenvalue weighted by Crippen LogP contribution is -2.05. The van der Waals surface area contributed by atoms with Crippen molar-refractivity contribution in [2.24, 2.45) is 0 Å². The van der Waals surface area contributed by atoms with Gasteiger partial charge in [0.2, 0.25) is 5.91 Å². The van der Waals surface area contributed by atoms with E-state index < -0.39 is 0 Å². The highest BCUT2D eigenvalue weighted by molar-refractivity contribution is 9.10. The van der Waals surface area contributed by atoms with Crippen molar-refractivity contribution in [1.29, 1.82) is 5.26 Å². The maximum atomic E-state index is 10.7. The molecular formula is C7H7BrN4O. The third-order valence-corrected chi connectivity index (χ3v) is 1.91. The minimum Gasteiger partial charge on any atom is -0.310 e. The fraction of sp³-hybridized carbons (Fsp3) is 0.286. The van der Waals surface area contributed by atoms with Gasteiger partial charge in [-0.15, -0.1) is 0 Å². The highest BCUT2D eigenvalue weighted by Crippen LogP contribution is 2.13. The average Bonchev–Trinajstić information content (AvgIpc) is 2.31. The number of nitrogens with one attached hydrogen (secondary N) is 1. The van der Waals surface area contributed by atoms with Crippen LogP contribution in [0, 0.1) is 11.3 Å². The van der Waals surface area contributed by atoms with Crippen LogP contribution in [0.25, 0.3) is 0 Å². The van der Waals surface area contributed by atoms with Crippen LogP contribution >= 0.6 is 15.9 Å². The van der Waals surface area contributed by atoms with Crippen molar-refractivity contribution in [1.82, 2.24) is 9.55 Å². The standard InChI is InChI=1S/C7H7BrN4O/c1-5(13)10-6-4-12(3-2-9)7(8)11-6/h4H,3H2,1H3,(H,10,13). The summed E-state index contributed by atoms with van der Waals surface area (Å²) in [4.78, 5) is 14.6. The second-order valence-electron chi connectivity index (χ2n) is 2.36. The molecule has 0 atom stereocenters. The molecule has 0 fully saturated rings. The van der Waals surface area contributed by atoms with E-state index in [0.717, 1.165) is 0 Å². The number of nitriles is 1. The Morgan fingerprint density at radius 3 is 3.15 bits per heavy atom. The Hall–Kier alpha value is -1.35. The maximum absolute atomic E-state index is 10.7. The van der Waals surface area contributed by atoms with Crippen LogP contribution in [0.3, 0.4) is 0 Å². The topological polar surface area (TPSA) is 70.7 Å². The molecule has 1 rings (SSSR count). The van der Waals surface area contributed by atoms with Gasteiger partial charge in [-0.05, 0) is 15.9 Å². The molecule has 1 N–H and O–H groups in total. The van der Waals surface area contributed by atoms with E-state index in [9.17, 15) is 4.79 Å². The predicted octanol–water partition coefficient (Wildman–Crippen LogP) is 1.13. The Bertz CT molecular complexity index is 365. The fourth-order valence-corrected chi connectivity index (χ4v) is 1.24. The second-order valence-corrected chi connectivity index (χ2v) is 3.07. The van der Waals surface area contributed by atoms with E-state index in [1.807, 2.05) is 6.07 Å². The summed E-state index contributed by atoms with van der Waals surface area (Å²) in [6, 6.07) is 1.97. The number of carbonyl (C=O) groups is 1. The predicted molar refractivity (Wildman–Crippen MR) is 49.8 cm³/mol. The maximum Gasteiger partial charge on any atom is 0.222 e. The first-order valence-electron chi connectivity index (χ1n) is 3.50. The van der Waals surface area contributed by atoms with E-state index in [2.05, 4.69) is 26.2 Å². The number of carbonyl (C=O) groups excluding carboxylic acids is 1. The van der Waals surface area contributed by atoms with Gasteiger partial charge in [0.1, 0.15) is 6.54 Å². The van der Waals surface area contributed by atoms with Gasteiger partial charge >= 0.3 is 0 Å². The van der Waals surface area contributed by atoms with E-state index in [1.54, 1.807) is 10.8 Å². The lowest BCUT2D eigenvalue weighted by Gasteiger charge is -1.93. The first-order valence-corrected chi connectivity index (χ1v) is 4.30. The summed E-state index contributed by atoms with van der Waals surface area (Å²) in [5.74, 6) is 0.253. The van der Waals surface area contributed by atoms with Crippen LogP contribution in [0.1, 0.15) is 6.92 Å². The number of anilines is 1. The molecule has 0 saturated heterocycles. The summed E-state index contributed by atoms with van der Waals surface area (Å²) in [6.07, 6.45) is 1.59. The highest BCUT2D eigenvalue weighted by Gasteiger charge is 2.05. The van der Waals surface area contributed by atoms with E-state index in [1.165, 1.54) is 6.92 Å². The summed E-state index contributed by atoms with van der Waals surface area (Å²) >= 11 is 3.16. The molecule has 1 heterocycles. The number of nitrogens with zero attached hydrogens (tertiary/aromatic N) is 3. The molecule has 0 radical (unpaired) electrons. The van der Waals surface area contributed by atoms with Gasteiger partial charge in [0.05, 0.1) is 12.3 Å². The quantitative estimate of drug-likeness (QED) is 0.846. The van der Waals surface area contributed by atoms with Gasteiger partial charge in [-0.1, -0.05) is 0 Å². The molecule has 0 aliphatic carbocycles. The zero-order chi connectivity index (χ0) is 9.84. The molecule has 1 amide bonds. The van der Waals surface area contributed by atoms with E-state index >= 15 is 0 Å². The molecule has 1 aromatic rings. The number of hydrogen-bond donors (Lipinski definition) is 1. The van der Waals surface area contributed by atoms with Gasteiger partial charge in [0, 0.05) is 6.92 Å². The summed E-state index contributed by atoms with van der Waals surface area (Å²) < 4.78 is 2.11. The zero-order valence-electron chi connectivity index (χ0n) is 6.91. The summed E-state index contributed by atoms with van der Waals surface area (Å²) in [7, 11) is 0. The number of amides is 1. The van der Waals surface area contributed by atoms with Crippen LogP contribution in [0.4, 0.5) is 5.82 Å². The Morgan fingerprint density at radius 1 is 1.92 bits per heavy atom. The third kappa shape index (κ3) is 2.56. The third-order valence-electron chi connectivity index (χ3n) is 1.27. The van der Waals surface area contributed by atoms with E-state index in [4.69, 9.17) is 5.26 Å². The molecule has 0 aromatic carbocycles. The molecule has 1 aromatic heterocycles. The van der Waals surface area contributed by atoms with Crippen molar-refractivity contribution in [3.63, 3.8) is 0 Å². The molecule has 6 heteroatoms. The number of rotatable bonds is 2. The van der Waals surface area contributed by atoms with Crippen molar-refractivity contribution in [3.05, 3.63) is 10.9 Å². The van der Waals surface area contributed by atoms with Gasteiger partial charge in [-0.25, -0.2) is 4.98 Å². The van der Waals surface area contributed by atoms with Crippen LogP contribution in [0.2, 0.25) is 0 Å². The smallest absolute Gasteiger partial charge is 0.222 e. The van der Waals surface area contributed by atoms with E-state index in [-0.39, 0.29) is 12.5 Å². The molecule has 68 valence electrons. The Morgan fingerprint density at radius 2 is 2.62 bits per heavy atom. The summed E-state index contributed by atoms with van der Waals surface area (Å²) in [5.41, 5.74) is 0. The molecule has 0 aliphatic rings. The van der Waals surface area contributed by atoms with Crippen molar-refractivity contribution < 1.29 is 4.79 Å². The van der Waals surface area contributed by atoms with Crippen LogP contribution in [0.15, 0.2) is 10.9 Å². The highest BCUT2D eigenvalue weighted by atomic mass is 79.9. The molecule has 13 heavy (non-hydrogen) atoms. The van der Waals surface area contributed by atoms with Gasteiger partial charge in [0.15, 0.2) is 10.6 Å².